The molecule has 4 aromatic heterocycles. The minimum Gasteiger partial charge on any atom is -0.381 e. The summed E-state index contributed by atoms with van der Waals surface area (Å²) in [7, 11) is -3.26. The topological polar surface area (TPSA) is 172 Å². The van der Waals surface area contributed by atoms with E-state index in [0.717, 1.165) is 23.7 Å². The van der Waals surface area contributed by atoms with E-state index in [4.69, 9.17) is 14.4 Å². The number of carbonyl (C=O) groups excluding carboxylic acids is 1. The van der Waals surface area contributed by atoms with Gasteiger partial charge in [-0.1, -0.05) is 37.2 Å². The highest BCUT2D eigenvalue weighted by Crippen LogP contribution is 2.56. The summed E-state index contributed by atoms with van der Waals surface area (Å²) < 4.78 is 57.1. The number of nitrogens with zero attached hydrogens (tertiary/aromatic N) is 7. The average molecular weight is 889 g/mol. The zero-order valence-electron chi connectivity index (χ0n) is 36.3. The van der Waals surface area contributed by atoms with Crippen molar-refractivity contribution in [1.82, 2.24) is 38.5 Å². The number of imidazole rings is 1. The maximum absolute atomic E-state index is 15.4. The Kier molecular flexibility index (Phi) is 10.0. The third-order valence-corrected chi connectivity index (χ3v) is 15.3. The number of fused-ring (bicyclic) bond motifs is 2. The van der Waals surface area contributed by atoms with Gasteiger partial charge in [0.15, 0.2) is 15.7 Å². The summed E-state index contributed by atoms with van der Waals surface area (Å²) >= 11 is 0. The van der Waals surface area contributed by atoms with E-state index >= 15 is 9.18 Å². The fraction of sp³-hybridized carbons (Fsp3) is 0.383. The minimum absolute atomic E-state index is 0.0138. The quantitative estimate of drug-likeness (QED) is 0.159. The first-order valence-corrected chi connectivity index (χ1v) is 23.6. The van der Waals surface area contributed by atoms with Crippen molar-refractivity contribution in [3.8, 4) is 17.2 Å². The molecule has 332 valence electrons. The molecule has 7 aromatic rings. The number of amides is 1. The molecule has 3 aliphatic rings. The predicted octanol–water partition coefficient (Wildman–Crippen LogP) is 6.57. The number of hydrogen-bond acceptors (Lipinski definition) is 9. The van der Waals surface area contributed by atoms with Crippen LogP contribution in [0, 0.1) is 25.6 Å². The van der Waals surface area contributed by atoms with Crippen LogP contribution in [0.5, 0.6) is 0 Å². The van der Waals surface area contributed by atoms with E-state index in [1.54, 1.807) is 79.1 Å². The van der Waals surface area contributed by atoms with Crippen LogP contribution in [0.25, 0.3) is 28.1 Å². The molecule has 1 saturated carbocycles. The fourth-order valence-corrected chi connectivity index (χ4v) is 11.0. The number of hydrogen-bond donors (Lipinski definition) is 1. The number of benzene rings is 3. The first-order chi connectivity index (χ1) is 30.7. The number of halogens is 1. The van der Waals surface area contributed by atoms with E-state index in [0.29, 0.717) is 95.2 Å². The highest BCUT2D eigenvalue weighted by atomic mass is 32.2. The molecule has 1 aliphatic carbocycles. The highest BCUT2D eigenvalue weighted by molar-refractivity contribution is 7.90. The summed E-state index contributed by atoms with van der Waals surface area (Å²) in [6, 6.07) is 17.9. The number of nitrogens with one attached hydrogen (secondary N) is 1. The first-order valence-electron chi connectivity index (χ1n) is 21.8. The summed E-state index contributed by atoms with van der Waals surface area (Å²) in [6.45, 7) is 10.7. The molecule has 0 spiro atoms. The van der Waals surface area contributed by atoms with Gasteiger partial charge in [-0.25, -0.2) is 27.1 Å². The molecule has 64 heavy (non-hydrogen) atoms. The molecule has 1 amide bonds. The Hall–Kier alpha value is -6.33. The number of ether oxygens (including phenoxy) is 1. The van der Waals surface area contributed by atoms with Crippen molar-refractivity contribution >= 4 is 26.6 Å². The molecule has 0 bridgehead atoms. The molecule has 1 saturated heterocycles. The Morgan fingerprint density at radius 1 is 0.953 bits per heavy atom. The zero-order valence-corrected chi connectivity index (χ0v) is 37.1. The maximum atomic E-state index is 15.4. The molecule has 1 N–H and O–H groups in total. The third kappa shape index (κ3) is 6.78. The van der Waals surface area contributed by atoms with Gasteiger partial charge in [0, 0.05) is 60.8 Å². The van der Waals surface area contributed by atoms with Crippen LogP contribution in [0.1, 0.15) is 102 Å². The van der Waals surface area contributed by atoms with Crippen molar-refractivity contribution in [2.24, 2.45) is 5.92 Å². The van der Waals surface area contributed by atoms with Gasteiger partial charge >= 0.3 is 11.4 Å². The Morgan fingerprint density at radius 2 is 1.66 bits per heavy atom. The zero-order chi connectivity index (χ0) is 44.8. The number of aromatic amines is 1. The van der Waals surface area contributed by atoms with Crippen LogP contribution in [-0.4, -0.2) is 78.4 Å². The van der Waals surface area contributed by atoms with Gasteiger partial charge in [0.1, 0.15) is 22.9 Å². The van der Waals surface area contributed by atoms with Gasteiger partial charge < -0.3 is 14.2 Å². The number of rotatable bonds is 10. The number of H-pyrrole nitrogens is 1. The van der Waals surface area contributed by atoms with Crippen LogP contribution in [-0.2, 0) is 32.3 Å². The molecule has 3 aromatic carbocycles. The van der Waals surface area contributed by atoms with Gasteiger partial charge in [-0.15, -0.1) is 0 Å². The number of carbonyl (C=O) groups is 1. The normalized spacial score (nSPS) is 20.2. The molecule has 2 fully saturated rings. The van der Waals surface area contributed by atoms with Crippen molar-refractivity contribution in [2.75, 3.05) is 25.5 Å². The van der Waals surface area contributed by atoms with Crippen molar-refractivity contribution in [2.45, 2.75) is 83.6 Å². The molecule has 10 rings (SSSR count). The smallest absolute Gasteiger partial charge is 0.381 e. The average Bonchev–Trinajstić information content (AvgIpc) is 3.78. The van der Waals surface area contributed by atoms with Crippen LogP contribution in [0.4, 0.5) is 4.39 Å². The van der Waals surface area contributed by atoms with Crippen LogP contribution < -0.4 is 11.4 Å². The first kappa shape index (κ1) is 41.7. The molecule has 3 atom stereocenters. The van der Waals surface area contributed by atoms with Crippen molar-refractivity contribution in [1.29, 1.82) is 0 Å². The summed E-state index contributed by atoms with van der Waals surface area (Å²) in [5.74, 6) is -0.218. The largest absolute Gasteiger partial charge is 0.438 e. The van der Waals surface area contributed by atoms with Crippen LogP contribution in [0.2, 0.25) is 0 Å². The molecule has 0 radical (unpaired) electrons. The highest BCUT2D eigenvalue weighted by Gasteiger charge is 2.59. The van der Waals surface area contributed by atoms with E-state index in [9.17, 15) is 18.0 Å². The van der Waals surface area contributed by atoms with E-state index < -0.39 is 32.9 Å². The van der Waals surface area contributed by atoms with Gasteiger partial charge in [-0.2, -0.15) is 5.10 Å². The number of aromatic nitrogens is 7. The van der Waals surface area contributed by atoms with Crippen LogP contribution in [0.3, 0.4) is 0 Å². The summed E-state index contributed by atoms with van der Waals surface area (Å²) in [4.78, 5) is 47.0. The maximum Gasteiger partial charge on any atom is 0.438 e. The monoisotopic (exact) mass is 888 g/mol. The van der Waals surface area contributed by atoms with Crippen molar-refractivity contribution in [3.05, 3.63) is 145 Å². The van der Waals surface area contributed by atoms with Crippen molar-refractivity contribution < 1.29 is 26.9 Å². The van der Waals surface area contributed by atoms with Crippen LogP contribution >= 0.6 is 0 Å². The lowest BCUT2D eigenvalue weighted by Gasteiger charge is -2.34. The minimum atomic E-state index is -3.26. The van der Waals surface area contributed by atoms with Gasteiger partial charge in [0.05, 0.1) is 28.9 Å². The predicted molar refractivity (Wildman–Crippen MR) is 237 cm³/mol. The van der Waals surface area contributed by atoms with Crippen LogP contribution in [0.15, 0.2) is 87.2 Å². The molecule has 15 nitrogen and oxygen atoms in total. The Balaban J connectivity index is 1.10. The lowest BCUT2D eigenvalue weighted by Crippen LogP contribution is -2.41. The summed E-state index contributed by atoms with van der Waals surface area (Å²) in [5.41, 5.74) is 5.08. The Morgan fingerprint density at radius 3 is 2.31 bits per heavy atom. The fourth-order valence-electron chi connectivity index (χ4n) is 10.1. The van der Waals surface area contributed by atoms with E-state index in [1.165, 1.54) is 14.7 Å². The molecular weight excluding hydrogens is 840 g/mol. The van der Waals surface area contributed by atoms with Crippen molar-refractivity contribution in [3.63, 3.8) is 0 Å². The molecule has 17 heteroatoms. The summed E-state index contributed by atoms with van der Waals surface area (Å²) in [6.07, 6.45) is 6.09. The SMILES string of the molecule is CCS(=O)(=O)Cc1ccc(-n2ccn(-c3c4c(nn3-c3cc(C)c(F)c(C)c3)CCN(C(=O)c3cc5cc(C6CCOCC6)ccc5n3[C@@]3(c5noc(=O)[nH]5)C[C@@H]3C)[C@H]4C)c2=O)cc1. The van der Waals surface area contributed by atoms with E-state index in [2.05, 4.69) is 35.3 Å². The van der Waals surface area contributed by atoms with Gasteiger partial charge in [-0.3, -0.25) is 23.4 Å². The molecular formula is C47H49FN8O7S. The number of aryl methyl sites for hydroxylation is 2. The summed E-state index contributed by atoms with van der Waals surface area (Å²) in [5, 5.41) is 10.1. The van der Waals surface area contributed by atoms with E-state index in [1.807, 2.05) is 17.6 Å². The van der Waals surface area contributed by atoms with E-state index in [-0.39, 0.29) is 29.1 Å². The van der Waals surface area contributed by atoms with Gasteiger partial charge in [0.25, 0.3) is 5.91 Å². The molecule has 2 aliphatic heterocycles. The van der Waals surface area contributed by atoms with Gasteiger partial charge in [-0.05, 0) is 117 Å². The Labute approximate surface area is 368 Å². The second-order valence-electron chi connectivity index (χ2n) is 17.6. The lowest BCUT2D eigenvalue weighted by atomic mass is 9.91. The Bertz CT molecular complexity index is 3200. The second-order valence-corrected chi connectivity index (χ2v) is 20.0. The lowest BCUT2D eigenvalue weighted by molar-refractivity contribution is 0.0663. The number of sulfone groups is 1. The second kappa shape index (κ2) is 15.4. The third-order valence-electron chi connectivity index (χ3n) is 13.7. The standard InChI is InChI=1S/C47H49FN8O7S/c1-6-64(60,61)26-31-7-10-35(11-8-31)53-17-18-54(46(53)59)42-40-30(5)52(16-13-37(40)50-56(42)36-21-27(2)41(48)28(3)22-36)43(57)39-24-34-23-33(32-14-19-62-20-15-32)9-12-38(34)55(39)47(25-29(47)4)44-49-45(58)63-51-44/h7-12,17-18,21-24,29-30,32H,6,13-16,19-20,25-26H2,1-5H3,(H,49,51,58)/t29-,30-,47-/m0/s1. The molecule has 6 heterocycles. The molecule has 0 unspecified atom stereocenters. The van der Waals surface area contributed by atoms with Gasteiger partial charge in [0.2, 0.25) is 0 Å².